The first-order valence-corrected chi connectivity index (χ1v) is 11.5. The summed E-state index contributed by atoms with van der Waals surface area (Å²) < 4.78 is 5.28. The number of anilines is 1. The number of nitrogens with zero attached hydrogens (tertiary/aromatic N) is 2. The van der Waals surface area contributed by atoms with Gasteiger partial charge in [0.15, 0.2) is 5.82 Å². The molecule has 5 rings (SSSR count). The average molecular weight is 463 g/mol. The lowest BCUT2D eigenvalue weighted by atomic mass is 10.1. The molecule has 0 radical (unpaired) electrons. The Morgan fingerprint density at radius 3 is 2.44 bits per heavy atom. The van der Waals surface area contributed by atoms with E-state index in [2.05, 4.69) is 10.6 Å². The molecule has 0 atom stereocenters. The highest BCUT2D eigenvalue weighted by molar-refractivity contribution is 7.22. The van der Waals surface area contributed by atoms with E-state index in [4.69, 9.17) is 14.7 Å². The predicted molar refractivity (Wildman–Crippen MR) is 127 cm³/mol. The van der Waals surface area contributed by atoms with E-state index in [9.17, 15) is 9.59 Å². The lowest BCUT2D eigenvalue weighted by molar-refractivity contribution is -0.124. The van der Waals surface area contributed by atoms with E-state index in [0.717, 1.165) is 36.8 Å². The molecule has 160 valence electrons. The maximum absolute atomic E-state index is 12.3. The van der Waals surface area contributed by atoms with Gasteiger partial charge in [0, 0.05) is 10.5 Å². The summed E-state index contributed by atoms with van der Waals surface area (Å²) >= 11 is 3.11. The van der Waals surface area contributed by atoms with Gasteiger partial charge in [-0.3, -0.25) is 14.9 Å². The maximum atomic E-state index is 12.3. The largest absolute Gasteiger partial charge is 0.497 e. The molecule has 0 fully saturated rings. The van der Waals surface area contributed by atoms with E-state index < -0.39 is 11.8 Å². The highest BCUT2D eigenvalue weighted by Gasteiger charge is 2.29. The Morgan fingerprint density at radius 2 is 1.81 bits per heavy atom. The Hall–Kier alpha value is -3.56. The van der Waals surface area contributed by atoms with Crippen molar-refractivity contribution < 1.29 is 14.3 Å². The van der Waals surface area contributed by atoms with Gasteiger partial charge in [-0.05, 0) is 60.7 Å². The average Bonchev–Trinajstić information content (AvgIpc) is 3.50. The third-order valence-electron chi connectivity index (χ3n) is 5.30. The van der Waals surface area contributed by atoms with Gasteiger partial charge in [0.25, 0.3) is 11.8 Å². The summed E-state index contributed by atoms with van der Waals surface area (Å²) in [5.41, 5.74) is 2.59. The molecule has 9 heteroatoms. The third-order valence-corrected chi connectivity index (χ3v) is 7.40. The fraction of sp³-hybridized carbons (Fsp3) is 0.130. The standard InChI is InChI=1S/C23H18N4O3S2/c1-11-16-20(24-17-12(2)21(28)27-22(17)29)25-19(15-5-4-10-31-15)26-23(16)32-18(11)13-6-8-14(30-3)9-7-13/h4-10H,1-3H3,(H2,24,25,26,27,28,29). The molecule has 0 saturated heterocycles. The Kier molecular flexibility index (Phi) is 4.99. The van der Waals surface area contributed by atoms with Gasteiger partial charge in [-0.15, -0.1) is 22.7 Å². The number of nitrogens with one attached hydrogen (secondary N) is 2. The van der Waals surface area contributed by atoms with Crippen LogP contribution in [0.25, 0.3) is 31.4 Å². The molecule has 4 heterocycles. The summed E-state index contributed by atoms with van der Waals surface area (Å²) in [5, 5.41) is 8.24. The number of imide groups is 1. The van der Waals surface area contributed by atoms with Gasteiger partial charge >= 0.3 is 0 Å². The minimum Gasteiger partial charge on any atom is -0.497 e. The zero-order chi connectivity index (χ0) is 22.4. The topological polar surface area (TPSA) is 93.2 Å². The van der Waals surface area contributed by atoms with E-state index in [1.54, 1.807) is 36.7 Å². The second-order valence-corrected chi connectivity index (χ2v) is 9.19. The van der Waals surface area contributed by atoms with Crippen molar-refractivity contribution >= 4 is 50.5 Å². The van der Waals surface area contributed by atoms with E-state index in [0.29, 0.717) is 17.2 Å². The minimum absolute atomic E-state index is 0.212. The molecular formula is C23H18N4O3S2. The first-order valence-electron chi connectivity index (χ1n) is 9.79. The molecule has 0 saturated carbocycles. The number of carbonyl (C=O) groups is 2. The van der Waals surface area contributed by atoms with E-state index in [-0.39, 0.29) is 5.70 Å². The number of methoxy groups -OCH3 is 1. The molecule has 0 aliphatic carbocycles. The van der Waals surface area contributed by atoms with Crippen molar-refractivity contribution in [1.82, 2.24) is 15.3 Å². The Bertz CT molecular complexity index is 1400. The highest BCUT2D eigenvalue weighted by atomic mass is 32.1. The molecule has 0 spiro atoms. The molecule has 32 heavy (non-hydrogen) atoms. The number of fused-ring (bicyclic) bond motifs is 1. The Balaban J connectivity index is 1.70. The Labute approximate surface area is 191 Å². The van der Waals surface area contributed by atoms with Crippen LogP contribution in [0.4, 0.5) is 5.82 Å². The van der Waals surface area contributed by atoms with Crippen LogP contribution < -0.4 is 15.4 Å². The van der Waals surface area contributed by atoms with Crippen LogP contribution in [0.15, 0.2) is 53.0 Å². The molecule has 1 aromatic carbocycles. The summed E-state index contributed by atoms with van der Waals surface area (Å²) in [6.45, 7) is 3.63. The summed E-state index contributed by atoms with van der Waals surface area (Å²) in [6.07, 6.45) is 0. The van der Waals surface area contributed by atoms with Crippen molar-refractivity contribution in [3.8, 4) is 26.9 Å². The quantitative estimate of drug-likeness (QED) is 0.416. The molecule has 7 nitrogen and oxygen atoms in total. The van der Waals surface area contributed by atoms with Crippen LogP contribution in [0.1, 0.15) is 12.5 Å². The zero-order valence-electron chi connectivity index (χ0n) is 17.5. The van der Waals surface area contributed by atoms with Crippen LogP contribution in [0.3, 0.4) is 0 Å². The van der Waals surface area contributed by atoms with Crippen molar-refractivity contribution in [3.63, 3.8) is 0 Å². The minimum atomic E-state index is -0.458. The van der Waals surface area contributed by atoms with Crippen molar-refractivity contribution in [2.75, 3.05) is 12.4 Å². The van der Waals surface area contributed by atoms with E-state index in [1.165, 1.54) is 0 Å². The van der Waals surface area contributed by atoms with Gasteiger partial charge < -0.3 is 10.1 Å². The van der Waals surface area contributed by atoms with Crippen molar-refractivity contribution in [3.05, 3.63) is 58.6 Å². The summed E-state index contributed by atoms with van der Waals surface area (Å²) in [5.74, 6) is 1.00. The van der Waals surface area contributed by atoms with Crippen molar-refractivity contribution in [2.45, 2.75) is 13.8 Å². The molecule has 0 bridgehead atoms. The van der Waals surface area contributed by atoms with Gasteiger partial charge in [-0.25, -0.2) is 9.97 Å². The Morgan fingerprint density at radius 1 is 1.03 bits per heavy atom. The molecule has 3 aromatic heterocycles. The number of benzene rings is 1. The van der Waals surface area contributed by atoms with Gasteiger partial charge in [-0.1, -0.05) is 6.07 Å². The number of thiophene rings is 2. The summed E-state index contributed by atoms with van der Waals surface area (Å²) in [4.78, 5) is 36.6. The maximum Gasteiger partial charge on any atom is 0.275 e. The predicted octanol–water partition coefficient (Wildman–Crippen LogP) is 4.75. The number of ether oxygens (including phenoxy) is 1. The van der Waals surface area contributed by atoms with Gasteiger partial charge in [-0.2, -0.15) is 0 Å². The van der Waals surface area contributed by atoms with Crippen LogP contribution in [-0.2, 0) is 9.59 Å². The smallest absolute Gasteiger partial charge is 0.275 e. The van der Waals surface area contributed by atoms with Crippen LogP contribution in [0.5, 0.6) is 5.75 Å². The van der Waals surface area contributed by atoms with Crippen LogP contribution in [-0.4, -0.2) is 28.9 Å². The van der Waals surface area contributed by atoms with Gasteiger partial charge in [0.05, 0.1) is 17.4 Å². The van der Waals surface area contributed by atoms with E-state index in [1.807, 2.05) is 48.7 Å². The fourth-order valence-electron chi connectivity index (χ4n) is 3.58. The van der Waals surface area contributed by atoms with Crippen molar-refractivity contribution in [1.29, 1.82) is 0 Å². The SMILES string of the molecule is COc1ccc(-c2sc3nc(-c4cccs4)nc(NC4=C(C)C(=O)NC4=O)c3c2C)cc1. The molecular weight excluding hydrogens is 444 g/mol. The molecule has 2 N–H and O–H groups in total. The monoisotopic (exact) mass is 462 g/mol. The number of aromatic nitrogens is 2. The van der Waals surface area contributed by atoms with Crippen LogP contribution in [0, 0.1) is 6.92 Å². The second-order valence-electron chi connectivity index (χ2n) is 7.25. The van der Waals surface area contributed by atoms with Crippen molar-refractivity contribution in [2.24, 2.45) is 0 Å². The summed E-state index contributed by atoms with van der Waals surface area (Å²) in [6, 6.07) is 11.8. The number of aryl methyl sites for hydroxylation is 1. The second kappa shape index (κ2) is 7.85. The van der Waals surface area contributed by atoms with Crippen LogP contribution >= 0.6 is 22.7 Å². The summed E-state index contributed by atoms with van der Waals surface area (Å²) in [7, 11) is 1.64. The third kappa shape index (κ3) is 3.35. The lowest BCUT2D eigenvalue weighted by Crippen LogP contribution is -2.24. The first kappa shape index (κ1) is 20.3. The number of rotatable bonds is 5. The number of hydrogen-bond acceptors (Lipinski definition) is 8. The van der Waals surface area contributed by atoms with Gasteiger partial charge in [0.1, 0.15) is 22.1 Å². The molecule has 1 aliphatic heterocycles. The molecule has 1 aliphatic rings. The normalized spacial score (nSPS) is 13.7. The lowest BCUT2D eigenvalue weighted by Gasteiger charge is -2.09. The highest BCUT2D eigenvalue weighted by Crippen LogP contribution is 2.42. The van der Waals surface area contributed by atoms with Crippen LogP contribution in [0.2, 0.25) is 0 Å². The van der Waals surface area contributed by atoms with Gasteiger partial charge in [0.2, 0.25) is 0 Å². The molecule has 2 amide bonds. The van der Waals surface area contributed by atoms with E-state index >= 15 is 0 Å². The number of hydrogen-bond donors (Lipinski definition) is 2. The number of carbonyl (C=O) groups excluding carboxylic acids is 2. The molecule has 4 aromatic rings. The zero-order valence-corrected chi connectivity index (χ0v) is 19.1. The first-order chi connectivity index (χ1) is 15.5. The fourth-order valence-corrected chi connectivity index (χ4v) is 5.42. The molecule has 0 unspecified atom stereocenters. The number of amides is 2.